The molecule has 2 rings (SSSR count). The molecule has 2 heterocycles. The number of nitrogens with two attached hydrogens (primary N) is 1. The highest BCUT2D eigenvalue weighted by Crippen LogP contribution is 2.09. The highest BCUT2D eigenvalue weighted by Gasteiger charge is 2.08. The van der Waals surface area contributed by atoms with Crippen molar-refractivity contribution in [2.75, 3.05) is 0 Å². The van der Waals surface area contributed by atoms with E-state index in [-0.39, 0.29) is 0 Å². The van der Waals surface area contributed by atoms with Gasteiger partial charge >= 0.3 is 0 Å². The van der Waals surface area contributed by atoms with E-state index in [2.05, 4.69) is 9.97 Å². The molecule has 0 atom stereocenters. The van der Waals surface area contributed by atoms with Gasteiger partial charge < -0.3 is 5.73 Å². The zero-order valence-electron chi connectivity index (χ0n) is 9.34. The molecule has 4 nitrogen and oxygen atoms in total. The van der Waals surface area contributed by atoms with Crippen LogP contribution in [-0.2, 0) is 12.8 Å². The van der Waals surface area contributed by atoms with Gasteiger partial charge in [0.15, 0.2) is 0 Å². The first-order valence-electron chi connectivity index (χ1n) is 5.40. The van der Waals surface area contributed by atoms with Crippen molar-refractivity contribution >= 4 is 5.91 Å². The standard InChI is InChI=1S/C13H13N3O/c14-13(17)12-11(2-1-7-16-12)4-3-10-5-8-15-9-6-10/h1-2,5-9H,3-4H2,(H2,14,17). The monoisotopic (exact) mass is 227 g/mol. The number of carbonyl (C=O) groups is 1. The van der Waals surface area contributed by atoms with E-state index < -0.39 is 5.91 Å². The van der Waals surface area contributed by atoms with Gasteiger partial charge in [0.05, 0.1) is 0 Å². The summed E-state index contributed by atoms with van der Waals surface area (Å²) in [4.78, 5) is 19.1. The summed E-state index contributed by atoms with van der Waals surface area (Å²) in [6.07, 6.45) is 6.68. The Morgan fingerprint density at radius 2 is 1.88 bits per heavy atom. The van der Waals surface area contributed by atoms with Crippen LogP contribution >= 0.6 is 0 Å². The first-order valence-corrected chi connectivity index (χ1v) is 5.40. The minimum atomic E-state index is -0.477. The molecule has 2 aromatic rings. The maximum atomic E-state index is 11.2. The number of nitrogens with zero attached hydrogens (tertiary/aromatic N) is 2. The van der Waals surface area contributed by atoms with E-state index in [0.717, 1.165) is 18.4 Å². The summed E-state index contributed by atoms with van der Waals surface area (Å²) in [5, 5.41) is 0. The topological polar surface area (TPSA) is 68.9 Å². The highest BCUT2D eigenvalue weighted by atomic mass is 16.1. The molecular weight excluding hydrogens is 214 g/mol. The van der Waals surface area contributed by atoms with Gasteiger partial charge in [0.25, 0.3) is 5.91 Å². The first-order chi connectivity index (χ1) is 8.27. The third-order valence-electron chi connectivity index (χ3n) is 2.56. The SMILES string of the molecule is NC(=O)c1ncccc1CCc1ccncc1. The lowest BCUT2D eigenvalue weighted by atomic mass is 10.0. The third-order valence-corrected chi connectivity index (χ3v) is 2.56. The molecule has 0 bridgehead atoms. The van der Waals surface area contributed by atoms with E-state index in [1.165, 1.54) is 5.56 Å². The summed E-state index contributed by atoms with van der Waals surface area (Å²) in [5.41, 5.74) is 7.70. The van der Waals surface area contributed by atoms with Crippen LogP contribution in [0.1, 0.15) is 21.6 Å². The Balaban J connectivity index is 2.12. The molecule has 1 amide bonds. The molecule has 0 aliphatic rings. The van der Waals surface area contributed by atoms with Crippen molar-refractivity contribution in [3.8, 4) is 0 Å². The smallest absolute Gasteiger partial charge is 0.267 e. The van der Waals surface area contributed by atoms with Crippen LogP contribution in [0.4, 0.5) is 0 Å². The van der Waals surface area contributed by atoms with Crippen LogP contribution in [0.15, 0.2) is 42.9 Å². The number of primary amides is 1. The van der Waals surface area contributed by atoms with Gasteiger partial charge in [-0.2, -0.15) is 0 Å². The summed E-state index contributed by atoms with van der Waals surface area (Å²) < 4.78 is 0. The molecule has 2 aromatic heterocycles. The number of pyridine rings is 2. The van der Waals surface area contributed by atoms with Crippen LogP contribution < -0.4 is 5.73 Å². The summed E-state index contributed by atoms with van der Waals surface area (Å²) >= 11 is 0. The lowest BCUT2D eigenvalue weighted by Crippen LogP contribution is -2.16. The second-order valence-corrected chi connectivity index (χ2v) is 3.73. The van der Waals surface area contributed by atoms with Crippen LogP contribution in [0.2, 0.25) is 0 Å². The number of hydrogen-bond donors (Lipinski definition) is 1. The Kier molecular flexibility index (Phi) is 3.45. The van der Waals surface area contributed by atoms with Crippen molar-refractivity contribution in [3.63, 3.8) is 0 Å². The molecule has 0 saturated heterocycles. The number of rotatable bonds is 4. The molecular formula is C13H13N3O. The Morgan fingerprint density at radius 1 is 1.12 bits per heavy atom. The van der Waals surface area contributed by atoms with Gasteiger partial charge in [0, 0.05) is 18.6 Å². The minimum Gasteiger partial charge on any atom is -0.364 e. The van der Waals surface area contributed by atoms with E-state index in [9.17, 15) is 4.79 Å². The van der Waals surface area contributed by atoms with Gasteiger partial charge in [0.2, 0.25) is 0 Å². The Hall–Kier alpha value is -2.23. The van der Waals surface area contributed by atoms with E-state index in [4.69, 9.17) is 5.73 Å². The Morgan fingerprint density at radius 3 is 2.59 bits per heavy atom. The van der Waals surface area contributed by atoms with Crippen molar-refractivity contribution in [3.05, 3.63) is 59.7 Å². The minimum absolute atomic E-state index is 0.363. The lowest BCUT2D eigenvalue weighted by molar-refractivity contribution is 0.0994. The molecule has 0 spiro atoms. The number of carbonyl (C=O) groups excluding carboxylic acids is 1. The fourth-order valence-corrected chi connectivity index (χ4v) is 1.69. The van der Waals surface area contributed by atoms with Crippen molar-refractivity contribution in [2.45, 2.75) is 12.8 Å². The van der Waals surface area contributed by atoms with Crippen LogP contribution in [0.25, 0.3) is 0 Å². The van der Waals surface area contributed by atoms with E-state index in [1.807, 2.05) is 24.3 Å². The molecule has 17 heavy (non-hydrogen) atoms. The van der Waals surface area contributed by atoms with Gasteiger partial charge in [0.1, 0.15) is 5.69 Å². The quantitative estimate of drug-likeness (QED) is 0.857. The van der Waals surface area contributed by atoms with Gasteiger partial charge in [-0.25, -0.2) is 0 Å². The fourth-order valence-electron chi connectivity index (χ4n) is 1.69. The lowest BCUT2D eigenvalue weighted by Gasteiger charge is -2.05. The predicted molar refractivity (Wildman–Crippen MR) is 64.4 cm³/mol. The van der Waals surface area contributed by atoms with Crippen molar-refractivity contribution in [1.29, 1.82) is 0 Å². The summed E-state index contributed by atoms with van der Waals surface area (Å²) in [6, 6.07) is 7.61. The number of aryl methyl sites for hydroxylation is 2. The molecule has 0 aliphatic heterocycles. The normalized spacial score (nSPS) is 10.1. The number of hydrogen-bond acceptors (Lipinski definition) is 3. The Labute approximate surface area is 99.5 Å². The zero-order chi connectivity index (χ0) is 12.1. The molecule has 0 aromatic carbocycles. The summed E-state index contributed by atoms with van der Waals surface area (Å²) in [6.45, 7) is 0. The maximum Gasteiger partial charge on any atom is 0.267 e. The van der Waals surface area contributed by atoms with E-state index in [1.54, 1.807) is 18.6 Å². The second-order valence-electron chi connectivity index (χ2n) is 3.73. The molecule has 2 N–H and O–H groups in total. The fraction of sp³-hybridized carbons (Fsp3) is 0.154. The van der Waals surface area contributed by atoms with Crippen molar-refractivity contribution < 1.29 is 4.79 Å². The average Bonchev–Trinajstić information content (AvgIpc) is 2.38. The molecule has 0 saturated carbocycles. The molecule has 0 aliphatic carbocycles. The molecule has 4 heteroatoms. The summed E-state index contributed by atoms with van der Waals surface area (Å²) in [7, 11) is 0. The van der Waals surface area contributed by atoms with Crippen LogP contribution in [0.3, 0.4) is 0 Å². The maximum absolute atomic E-state index is 11.2. The van der Waals surface area contributed by atoms with Crippen molar-refractivity contribution in [1.82, 2.24) is 9.97 Å². The third kappa shape index (κ3) is 2.87. The summed E-state index contributed by atoms with van der Waals surface area (Å²) in [5.74, 6) is -0.477. The Bertz CT molecular complexity index is 511. The van der Waals surface area contributed by atoms with Gasteiger partial charge in [-0.05, 0) is 42.2 Å². The van der Waals surface area contributed by atoms with Crippen LogP contribution in [0.5, 0.6) is 0 Å². The zero-order valence-corrected chi connectivity index (χ0v) is 9.34. The van der Waals surface area contributed by atoms with Gasteiger partial charge in [-0.1, -0.05) is 6.07 Å². The van der Waals surface area contributed by atoms with Crippen molar-refractivity contribution in [2.24, 2.45) is 5.73 Å². The second kappa shape index (κ2) is 5.21. The predicted octanol–water partition coefficient (Wildman–Crippen LogP) is 1.36. The van der Waals surface area contributed by atoms with Gasteiger partial charge in [-0.3, -0.25) is 14.8 Å². The first kappa shape index (κ1) is 11.3. The largest absolute Gasteiger partial charge is 0.364 e. The molecule has 0 unspecified atom stereocenters. The molecule has 0 fully saturated rings. The van der Waals surface area contributed by atoms with Gasteiger partial charge in [-0.15, -0.1) is 0 Å². The number of aromatic nitrogens is 2. The number of amides is 1. The van der Waals surface area contributed by atoms with E-state index in [0.29, 0.717) is 5.69 Å². The molecule has 86 valence electrons. The highest BCUT2D eigenvalue weighted by molar-refractivity contribution is 5.92. The van der Waals surface area contributed by atoms with E-state index >= 15 is 0 Å². The van der Waals surface area contributed by atoms with Crippen LogP contribution in [0, 0.1) is 0 Å². The average molecular weight is 227 g/mol. The molecule has 0 radical (unpaired) electrons. The van der Waals surface area contributed by atoms with Crippen LogP contribution in [-0.4, -0.2) is 15.9 Å².